The Morgan fingerprint density at radius 1 is 0.838 bits per heavy atom. The lowest BCUT2D eigenvalue weighted by Crippen LogP contribution is -2.11. The van der Waals surface area contributed by atoms with Crippen LogP contribution in [0.5, 0.6) is 28.7 Å². The van der Waals surface area contributed by atoms with E-state index in [1.165, 1.54) is 0 Å². The van der Waals surface area contributed by atoms with Gasteiger partial charge in [-0.2, -0.15) is 0 Å². The summed E-state index contributed by atoms with van der Waals surface area (Å²) in [5.41, 5.74) is 2.51. The van der Waals surface area contributed by atoms with E-state index in [0.29, 0.717) is 51.2 Å². The molecule has 0 aliphatic heterocycles. The molecule has 1 aromatic heterocycles. The Morgan fingerprint density at radius 3 is 2.32 bits per heavy atom. The average molecular weight is 536 g/mol. The number of benzene rings is 3. The molecule has 4 aromatic rings. The van der Waals surface area contributed by atoms with E-state index in [9.17, 15) is 4.79 Å². The number of carbonyl (C=O) groups excluding carboxylic acids is 1. The number of methoxy groups -OCH3 is 3. The minimum Gasteiger partial charge on any atom is -0.497 e. The predicted molar refractivity (Wildman–Crippen MR) is 149 cm³/mol. The zero-order valence-corrected chi connectivity index (χ0v) is 22.3. The highest BCUT2D eigenvalue weighted by atomic mass is 35.5. The first-order valence-electron chi connectivity index (χ1n) is 11.5. The number of Topliss-reactive ketones (excluding diaryl/α,β-unsaturated/α-hetero) is 1. The molecular weight excluding hydrogens is 510 g/mol. The normalized spacial score (nSPS) is 10.7. The minimum atomic E-state index is 0.0564. The standard InChI is InChI=1S/C29H26ClNO5S/c1-33-21-6-4-5-18(12-21)11-20(32)15-22(37)13-19-7-8-27(24(30)14-19)36-26-9-10-31-25-17-29(35-3)28(34-2)16-23(25)26/h4-10,12,14,16-17H,11,13,15H2,1-3H3. The molecule has 0 saturated heterocycles. The third-order valence-electron chi connectivity index (χ3n) is 5.75. The van der Waals surface area contributed by atoms with Crippen LogP contribution in [0.3, 0.4) is 0 Å². The monoisotopic (exact) mass is 535 g/mol. The van der Waals surface area contributed by atoms with E-state index in [0.717, 1.165) is 22.3 Å². The first-order valence-corrected chi connectivity index (χ1v) is 12.3. The lowest BCUT2D eigenvalue weighted by molar-refractivity contribution is -0.117. The SMILES string of the molecule is COc1cccc(CC(=O)CC(=S)Cc2ccc(Oc3ccnc4cc(OC)c(OC)cc34)c(Cl)c2)c1. The number of aromatic nitrogens is 1. The average Bonchev–Trinajstić information content (AvgIpc) is 2.89. The van der Waals surface area contributed by atoms with E-state index >= 15 is 0 Å². The van der Waals surface area contributed by atoms with Gasteiger partial charge in [0, 0.05) is 41.8 Å². The molecular formula is C29H26ClNO5S. The van der Waals surface area contributed by atoms with Gasteiger partial charge in [-0.1, -0.05) is 42.0 Å². The van der Waals surface area contributed by atoms with Crippen molar-refractivity contribution in [3.8, 4) is 28.7 Å². The third-order valence-corrected chi connectivity index (χ3v) is 6.34. The van der Waals surface area contributed by atoms with E-state index in [-0.39, 0.29) is 12.2 Å². The van der Waals surface area contributed by atoms with Gasteiger partial charge in [0.25, 0.3) is 0 Å². The quantitative estimate of drug-likeness (QED) is 0.195. The van der Waals surface area contributed by atoms with Gasteiger partial charge in [0.05, 0.1) is 31.9 Å². The maximum absolute atomic E-state index is 12.5. The molecule has 0 aliphatic carbocycles. The Balaban J connectivity index is 1.43. The van der Waals surface area contributed by atoms with Gasteiger partial charge >= 0.3 is 0 Å². The lowest BCUT2D eigenvalue weighted by Gasteiger charge is -2.13. The van der Waals surface area contributed by atoms with Crippen LogP contribution in [0.2, 0.25) is 5.02 Å². The number of thiocarbonyl (C=S) groups is 1. The van der Waals surface area contributed by atoms with E-state index in [2.05, 4.69) is 4.98 Å². The molecule has 4 rings (SSSR count). The van der Waals surface area contributed by atoms with Crippen LogP contribution in [0.4, 0.5) is 0 Å². The molecule has 0 spiro atoms. The highest BCUT2D eigenvalue weighted by Crippen LogP contribution is 2.38. The molecule has 0 radical (unpaired) electrons. The largest absolute Gasteiger partial charge is 0.497 e. The summed E-state index contributed by atoms with van der Waals surface area (Å²) in [5.74, 6) is 3.01. The Morgan fingerprint density at radius 2 is 1.59 bits per heavy atom. The van der Waals surface area contributed by atoms with Gasteiger partial charge in [-0.3, -0.25) is 9.78 Å². The zero-order valence-electron chi connectivity index (χ0n) is 20.7. The number of carbonyl (C=O) groups is 1. The van der Waals surface area contributed by atoms with Gasteiger partial charge in [-0.25, -0.2) is 0 Å². The van der Waals surface area contributed by atoms with Crippen LogP contribution in [-0.2, 0) is 17.6 Å². The number of hydrogen-bond donors (Lipinski definition) is 0. The van der Waals surface area contributed by atoms with E-state index < -0.39 is 0 Å². The molecule has 0 bridgehead atoms. The van der Waals surface area contributed by atoms with Crippen LogP contribution in [0, 0.1) is 0 Å². The van der Waals surface area contributed by atoms with Gasteiger partial charge in [0.2, 0.25) is 0 Å². The minimum absolute atomic E-state index is 0.0564. The highest BCUT2D eigenvalue weighted by Gasteiger charge is 2.14. The Bertz CT molecular complexity index is 1460. The number of ether oxygens (including phenoxy) is 4. The Hall–Kier alpha value is -3.68. The molecule has 0 fully saturated rings. The molecule has 190 valence electrons. The molecule has 0 saturated carbocycles. The van der Waals surface area contributed by atoms with Crippen LogP contribution < -0.4 is 18.9 Å². The summed E-state index contributed by atoms with van der Waals surface area (Å²) in [6.45, 7) is 0. The van der Waals surface area contributed by atoms with Crippen molar-refractivity contribution in [3.63, 3.8) is 0 Å². The number of hydrogen-bond acceptors (Lipinski definition) is 7. The molecule has 37 heavy (non-hydrogen) atoms. The molecule has 8 heteroatoms. The van der Waals surface area contributed by atoms with Crippen molar-refractivity contribution in [1.29, 1.82) is 0 Å². The van der Waals surface area contributed by atoms with Gasteiger partial charge in [0.15, 0.2) is 11.5 Å². The molecule has 6 nitrogen and oxygen atoms in total. The van der Waals surface area contributed by atoms with Crippen LogP contribution in [0.25, 0.3) is 10.9 Å². The van der Waals surface area contributed by atoms with E-state index in [1.54, 1.807) is 45.7 Å². The second-order valence-corrected chi connectivity index (χ2v) is 9.34. The number of fused-ring (bicyclic) bond motifs is 1. The lowest BCUT2D eigenvalue weighted by atomic mass is 10.0. The second kappa shape index (κ2) is 12.0. The first-order chi connectivity index (χ1) is 17.9. The van der Waals surface area contributed by atoms with Crippen molar-refractivity contribution < 1.29 is 23.7 Å². The molecule has 0 N–H and O–H groups in total. The summed E-state index contributed by atoms with van der Waals surface area (Å²) in [4.78, 5) is 17.6. The first kappa shape index (κ1) is 26.4. The van der Waals surface area contributed by atoms with Gasteiger partial charge in [0.1, 0.15) is 23.0 Å². The zero-order chi connectivity index (χ0) is 26.4. The van der Waals surface area contributed by atoms with Crippen molar-refractivity contribution in [1.82, 2.24) is 4.98 Å². The molecule has 0 unspecified atom stereocenters. The fraction of sp³-hybridized carbons (Fsp3) is 0.207. The van der Waals surface area contributed by atoms with Crippen molar-refractivity contribution in [2.75, 3.05) is 21.3 Å². The summed E-state index contributed by atoms with van der Waals surface area (Å²) in [6.07, 6.45) is 2.65. The van der Waals surface area contributed by atoms with Crippen LogP contribution in [0.1, 0.15) is 17.5 Å². The molecule has 0 amide bonds. The smallest absolute Gasteiger partial charge is 0.162 e. The maximum atomic E-state index is 12.5. The van der Waals surface area contributed by atoms with Gasteiger partial charge < -0.3 is 18.9 Å². The van der Waals surface area contributed by atoms with Crippen LogP contribution in [0.15, 0.2) is 66.9 Å². The summed E-state index contributed by atoms with van der Waals surface area (Å²) in [7, 11) is 4.76. The van der Waals surface area contributed by atoms with Crippen molar-refractivity contribution >= 4 is 45.4 Å². The van der Waals surface area contributed by atoms with Crippen molar-refractivity contribution in [2.45, 2.75) is 19.3 Å². The fourth-order valence-electron chi connectivity index (χ4n) is 3.97. The Kier molecular flexibility index (Phi) is 8.58. The van der Waals surface area contributed by atoms with Crippen molar-refractivity contribution in [2.24, 2.45) is 0 Å². The van der Waals surface area contributed by atoms with E-state index in [4.69, 9.17) is 42.8 Å². The Labute approximate surface area is 226 Å². The second-order valence-electron chi connectivity index (χ2n) is 8.36. The van der Waals surface area contributed by atoms with E-state index in [1.807, 2.05) is 42.5 Å². The highest BCUT2D eigenvalue weighted by molar-refractivity contribution is 7.80. The number of nitrogens with zero attached hydrogens (tertiary/aromatic N) is 1. The van der Waals surface area contributed by atoms with Gasteiger partial charge in [-0.15, -0.1) is 0 Å². The number of pyridine rings is 1. The number of rotatable bonds is 11. The van der Waals surface area contributed by atoms with Crippen LogP contribution >= 0.6 is 23.8 Å². The molecule has 3 aromatic carbocycles. The predicted octanol–water partition coefficient (Wildman–Crippen LogP) is 6.82. The molecule has 1 heterocycles. The van der Waals surface area contributed by atoms with Gasteiger partial charge in [-0.05, 0) is 47.5 Å². The fourth-order valence-corrected chi connectivity index (χ4v) is 4.54. The molecule has 0 atom stereocenters. The summed E-state index contributed by atoms with van der Waals surface area (Å²) in [6, 6.07) is 18.4. The van der Waals surface area contributed by atoms with Crippen LogP contribution in [-0.4, -0.2) is 37.0 Å². The number of halogens is 1. The van der Waals surface area contributed by atoms with Crippen molar-refractivity contribution in [3.05, 3.63) is 83.0 Å². The summed E-state index contributed by atoms with van der Waals surface area (Å²) >= 11 is 12.1. The maximum Gasteiger partial charge on any atom is 0.162 e. The number of ketones is 1. The topological polar surface area (TPSA) is 66.9 Å². The third kappa shape index (κ3) is 6.56. The molecule has 0 aliphatic rings. The summed E-state index contributed by atoms with van der Waals surface area (Å²) < 4.78 is 22.1. The summed E-state index contributed by atoms with van der Waals surface area (Å²) in [5, 5.41) is 1.20.